The lowest BCUT2D eigenvalue weighted by Crippen LogP contribution is -2.33. The van der Waals surface area contributed by atoms with Gasteiger partial charge in [-0.3, -0.25) is 0 Å². The molecule has 3 N–H and O–H groups in total. The summed E-state index contributed by atoms with van der Waals surface area (Å²) in [5.74, 6) is 1.15. The summed E-state index contributed by atoms with van der Waals surface area (Å²) >= 11 is 0. The summed E-state index contributed by atoms with van der Waals surface area (Å²) in [6.45, 7) is 3.04. The monoisotopic (exact) mass is 298 g/mol. The van der Waals surface area contributed by atoms with Gasteiger partial charge in [-0.25, -0.2) is 13.1 Å². The molecule has 0 bridgehead atoms. The summed E-state index contributed by atoms with van der Waals surface area (Å²) in [7, 11) is -3.43. The van der Waals surface area contributed by atoms with Gasteiger partial charge in [0.25, 0.3) is 0 Å². The summed E-state index contributed by atoms with van der Waals surface area (Å²) in [4.78, 5) is 0.274. The number of sulfonamides is 1. The van der Waals surface area contributed by atoms with E-state index in [1.54, 1.807) is 24.3 Å². The molecule has 6 heteroatoms. The van der Waals surface area contributed by atoms with Gasteiger partial charge in [0.1, 0.15) is 5.75 Å². The van der Waals surface area contributed by atoms with Gasteiger partial charge in [-0.15, -0.1) is 0 Å². The Balaban J connectivity index is 1.97. The van der Waals surface area contributed by atoms with Crippen LogP contribution in [0, 0.1) is 5.92 Å². The van der Waals surface area contributed by atoms with Crippen LogP contribution in [-0.2, 0) is 10.0 Å². The van der Waals surface area contributed by atoms with Crippen molar-refractivity contribution in [2.75, 3.05) is 13.2 Å². The SMILES string of the molecule is CC(NS(=O)(=O)c1ccc(OCCCN)cc1)C1CC1. The highest BCUT2D eigenvalue weighted by Crippen LogP contribution is 2.33. The topological polar surface area (TPSA) is 81.4 Å². The third-order valence-corrected chi connectivity index (χ3v) is 5.00. The normalized spacial score (nSPS) is 16.9. The first-order chi connectivity index (χ1) is 9.53. The van der Waals surface area contributed by atoms with E-state index in [1.165, 1.54) is 0 Å². The van der Waals surface area contributed by atoms with E-state index in [0.29, 0.717) is 24.8 Å². The van der Waals surface area contributed by atoms with Gasteiger partial charge in [0.05, 0.1) is 11.5 Å². The van der Waals surface area contributed by atoms with Crippen LogP contribution in [0.2, 0.25) is 0 Å². The third kappa shape index (κ3) is 4.19. The zero-order valence-corrected chi connectivity index (χ0v) is 12.5. The maximum atomic E-state index is 12.2. The van der Waals surface area contributed by atoms with Crippen LogP contribution in [0.4, 0.5) is 0 Å². The van der Waals surface area contributed by atoms with Gasteiger partial charge >= 0.3 is 0 Å². The molecule has 1 saturated carbocycles. The average Bonchev–Trinajstić information content (AvgIpc) is 3.23. The average molecular weight is 298 g/mol. The van der Waals surface area contributed by atoms with Crippen LogP contribution in [-0.4, -0.2) is 27.6 Å². The molecule has 0 radical (unpaired) electrons. The van der Waals surface area contributed by atoms with Crippen LogP contribution in [0.5, 0.6) is 5.75 Å². The van der Waals surface area contributed by atoms with E-state index in [1.807, 2.05) is 6.92 Å². The molecule has 0 aliphatic heterocycles. The highest BCUT2D eigenvalue weighted by molar-refractivity contribution is 7.89. The molecule has 20 heavy (non-hydrogen) atoms. The van der Waals surface area contributed by atoms with Gasteiger partial charge in [0, 0.05) is 6.04 Å². The van der Waals surface area contributed by atoms with Crippen LogP contribution in [0.3, 0.4) is 0 Å². The van der Waals surface area contributed by atoms with Crippen molar-refractivity contribution in [3.8, 4) is 5.75 Å². The first-order valence-corrected chi connectivity index (χ1v) is 8.46. The molecular weight excluding hydrogens is 276 g/mol. The standard InChI is InChI=1S/C14H22N2O3S/c1-11(12-3-4-12)16-20(17,18)14-7-5-13(6-8-14)19-10-2-9-15/h5-8,11-12,16H,2-4,9-10,15H2,1H3. The first kappa shape index (κ1) is 15.3. The molecule has 1 aromatic rings. The third-order valence-electron chi connectivity index (χ3n) is 3.42. The Hall–Kier alpha value is -1.11. The molecule has 0 amide bonds. The fourth-order valence-corrected chi connectivity index (χ4v) is 3.31. The van der Waals surface area contributed by atoms with Crippen LogP contribution >= 0.6 is 0 Å². The van der Waals surface area contributed by atoms with Crippen LogP contribution in [0.25, 0.3) is 0 Å². The Morgan fingerprint density at radius 2 is 2.00 bits per heavy atom. The summed E-state index contributed by atoms with van der Waals surface area (Å²) in [5, 5.41) is 0. The predicted molar refractivity (Wildman–Crippen MR) is 78.1 cm³/mol. The van der Waals surface area contributed by atoms with Crippen molar-refractivity contribution in [2.24, 2.45) is 11.7 Å². The van der Waals surface area contributed by atoms with E-state index in [0.717, 1.165) is 19.3 Å². The molecule has 0 saturated heterocycles. The van der Waals surface area contributed by atoms with Gasteiger partial charge in [0.2, 0.25) is 10.0 Å². The molecule has 1 aliphatic rings. The van der Waals surface area contributed by atoms with E-state index >= 15 is 0 Å². The molecule has 1 atom stereocenters. The second kappa shape index (κ2) is 6.56. The minimum Gasteiger partial charge on any atom is -0.494 e. The van der Waals surface area contributed by atoms with Crippen molar-refractivity contribution >= 4 is 10.0 Å². The van der Waals surface area contributed by atoms with Crippen molar-refractivity contribution in [1.82, 2.24) is 4.72 Å². The highest BCUT2D eigenvalue weighted by atomic mass is 32.2. The molecule has 112 valence electrons. The minimum absolute atomic E-state index is 0.000445. The molecule has 2 rings (SSSR count). The zero-order chi connectivity index (χ0) is 14.6. The van der Waals surface area contributed by atoms with E-state index in [4.69, 9.17) is 10.5 Å². The van der Waals surface area contributed by atoms with Crippen molar-refractivity contribution < 1.29 is 13.2 Å². The lowest BCUT2D eigenvalue weighted by molar-refractivity contribution is 0.313. The van der Waals surface area contributed by atoms with Gasteiger partial charge in [-0.2, -0.15) is 0 Å². The van der Waals surface area contributed by atoms with Crippen LogP contribution in [0.15, 0.2) is 29.2 Å². The Labute approximate surface area is 120 Å². The quantitative estimate of drug-likeness (QED) is 0.712. The maximum Gasteiger partial charge on any atom is 0.240 e. The summed E-state index contributed by atoms with van der Waals surface area (Å²) in [5.41, 5.74) is 5.38. The molecule has 0 spiro atoms. The van der Waals surface area contributed by atoms with Gasteiger partial charge in [-0.05, 0) is 62.9 Å². The largest absolute Gasteiger partial charge is 0.494 e. The fraction of sp³-hybridized carbons (Fsp3) is 0.571. The molecule has 1 aromatic carbocycles. The number of rotatable bonds is 8. The van der Waals surface area contributed by atoms with Crippen LogP contribution < -0.4 is 15.2 Å². The first-order valence-electron chi connectivity index (χ1n) is 6.98. The Kier molecular flexibility index (Phi) is 5.01. The Bertz CT molecular complexity index is 524. The van der Waals surface area contributed by atoms with Crippen molar-refractivity contribution in [3.63, 3.8) is 0 Å². The highest BCUT2D eigenvalue weighted by Gasteiger charge is 2.31. The van der Waals surface area contributed by atoms with Crippen LogP contribution in [0.1, 0.15) is 26.2 Å². The molecule has 0 aromatic heterocycles. The van der Waals surface area contributed by atoms with Gasteiger partial charge in [0.15, 0.2) is 0 Å². The smallest absolute Gasteiger partial charge is 0.240 e. The number of hydrogen-bond acceptors (Lipinski definition) is 4. The van der Waals surface area contributed by atoms with E-state index in [2.05, 4.69) is 4.72 Å². The molecule has 1 aliphatic carbocycles. The molecular formula is C14H22N2O3S. The zero-order valence-electron chi connectivity index (χ0n) is 11.7. The lowest BCUT2D eigenvalue weighted by Gasteiger charge is -2.13. The molecule has 1 unspecified atom stereocenters. The number of benzene rings is 1. The minimum atomic E-state index is -3.43. The van der Waals surface area contributed by atoms with Gasteiger partial charge < -0.3 is 10.5 Å². The van der Waals surface area contributed by atoms with E-state index in [-0.39, 0.29) is 10.9 Å². The number of nitrogens with two attached hydrogens (primary N) is 1. The van der Waals surface area contributed by atoms with Gasteiger partial charge in [-0.1, -0.05) is 0 Å². The fourth-order valence-electron chi connectivity index (χ4n) is 1.99. The second-order valence-corrected chi connectivity index (χ2v) is 6.92. The number of hydrogen-bond donors (Lipinski definition) is 2. The van der Waals surface area contributed by atoms with Crippen molar-refractivity contribution in [3.05, 3.63) is 24.3 Å². The van der Waals surface area contributed by atoms with E-state index in [9.17, 15) is 8.42 Å². The van der Waals surface area contributed by atoms with Crippen molar-refractivity contribution in [2.45, 2.75) is 37.1 Å². The summed E-state index contributed by atoms with van der Waals surface area (Å²) in [6.07, 6.45) is 3.00. The van der Waals surface area contributed by atoms with Crippen molar-refractivity contribution in [1.29, 1.82) is 0 Å². The second-order valence-electron chi connectivity index (χ2n) is 5.21. The molecule has 0 heterocycles. The number of nitrogens with one attached hydrogen (secondary N) is 1. The van der Waals surface area contributed by atoms with E-state index < -0.39 is 10.0 Å². The molecule has 5 nitrogen and oxygen atoms in total. The predicted octanol–water partition coefficient (Wildman–Crippen LogP) is 1.49. The summed E-state index contributed by atoms with van der Waals surface area (Å²) < 4.78 is 32.5. The molecule has 1 fully saturated rings. The Morgan fingerprint density at radius 1 is 1.35 bits per heavy atom. The summed E-state index contributed by atoms with van der Waals surface area (Å²) in [6, 6.07) is 6.49. The Morgan fingerprint density at radius 3 is 2.55 bits per heavy atom. The maximum absolute atomic E-state index is 12.2. The number of ether oxygens (including phenoxy) is 1. The lowest BCUT2D eigenvalue weighted by atomic mass is 10.2.